The summed E-state index contributed by atoms with van der Waals surface area (Å²) in [7, 11) is 0. The Kier molecular flexibility index (Phi) is 26.8. The van der Waals surface area contributed by atoms with E-state index >= 15 is 0 Å². The average molecular weight is 188 g/mol. The number of nitrogens with one attached hydrogen (secondary N) is 1. The van der Waals surface area contributed by atoms with Crippen LogP contribution in [0.15, 0.2) is 0 Å². The Morgan fingerprint density at radius 1 is 1.40 bits per heavy atom. The van der Waals surface area contributed by atoms with Gasteiger partial charge in [0.25, 0.3) is 0 Å². The first kappa shape index (κ1) is 16.7. The van der Waals surface area contributed by atoms with Crippen LogP contribution >= 0.6 is 24.0 Å². The van der Waals surface area contributed by atoms with E-state index in [0.717, 1.165) is 13.1 Å². The SMILES string of the molecule is CC(=O)Cl.CCNCC.Cl. The van der Waals surface area contributed by atoms with Crippen molar-refractivity contribution in [2.24, 2.45) is 0 Å². The van der Waals surface area contributed by atoms with Gasteiger partial charge >= 0.3 is 0 Å². The van der Waals surface area contributed by atoms with Crippen molar-refractivity contribution in [2.75, 3.05) is 13.1 Å². The molecule has 0 aliphatic rings. The minimum absolute atomic E-state index is 0. The predicted molar refractivity (Wildman–Crippen MR) is 48.0 cm³/mol. The molecule has 0 unspecified atom stereocenters. The summed E-state index contributed by atoms with van der Waals surface area (Å²) in [6, 6.07) is 0. The second-order valence-electron chi connectivity index (χ2n) is 1.43. The normalized spacial score (nSPS) is 6.80. The number of carbonyl (C=O) groups is 1. The monoisotopic (exact) mass is 187 g/mol. The molecule has 10 heavy (non-hydrogen) atoms. The first-order chi connectivity index (χ1) is 4.15. The molecule has 0 heterocycles. The van der Waals surface area contributed by atoms with Gasteiger partial charge < -0.3 is 5.32 Å². The van der Waals surface area contributed by atoms with Crippen LogP contribution in [0.2, 0.25) is 0 Å². The van der Waals surface area contributed by atoms with Gasteiger partial charge in [0.05, 0.1) is 0 Å². The summed E-state index contributed by atoms with van der Waals surface area (Å²) in [5.41, 5.74) is 0. The number of rotatable bonds is 2. The van der Waals surface area contributed by atoms with E-state index in [0.29, 0.717) is 0 Å². The van der Waals surface area contributed by atoms with Crippen LogP contribution in [0, 0.1) is 0 Å². The van der Waals surface area contributed by atoms with Crippen molar-refractivity contribution >= 4 is 29.3 Å². The van der Waals surface area contributed by atoms with Crippen LogP contribution in [0.4, 0.5) is 0 Å². The molecule has 64 valence electrons. The van der Waals surface area contributed by atoms with Crippen molar-refractivity contribution < 1.29 is 4.79 Å². The Morgan fingerprint density at radius 2 is 1.60 bits per heavy atom. The van der Waals surface area contributed by atoms with Crippen molar-refractivity contribution in [1.82, 2.24) is 5.32 Å². The van der Waals surface area contributed by atoms with E-state index in [1.54, 1.807) is 0 Å². The van der Waals surface area contributed by atoms with Crippen LogP contribution in [0.5, 0.6) is 0 Å². The van der Waals surface area contributed by atoms with Crippen molar-refractivity contribution in [2.45, 2.75) is 20.8 Å². The van der Waals surface area contributed by atoms with Gasteiger partial charge in [-0.1, -0.05) is 13.8 Å². The van der Waals surface area contributed by atoms with Crippen molar-refractivity contribution in [3.63, 3.8) is 0 Å². The van der Waals surface area contributed by atoms with Gasteiger partial charge in [-0.15, -0.1) is 12.4 Å². The molecule has 0 radical (unpaired) electrons. The Hall–Kier alpha value is 0.210. The molecule has 2 nitrogen and oxygen atoms in total. The molecule has 0 saturated heterocycles. The maximum atomic E-state index is 9.21. The van der Waals surface area contributed by atoms with Crippen molar-refractivity contribution in [1.29, 1.82) is 0 Å². The molecular formula is C6H15Cl2NO. The number of carbonyl (C=O) groups excluding carboxylic acids is 1. The van der Waals surface area contributed by atoms with Gasteiger partial charge in [0.1, 0.15) is 0 Å². The van der Waals surface area contributed by atoms with Gasteiger partial charge in [-0.3, -0.25) is 4.79 Å². The van der Waals surface area contributed by atoms with Gasteiger partial charge in [0, 0.05) is 6.92 Å². The molecule has 4 heteroatoms. The molecule has 0 atom stereocenters. The Balaban J connectivity index is -0.0000000910. The van der Waals surface area contributed by atoms with E-state index in [9.17, 15) is 4.79 Å². The fourth-order valence-corrected chi connectivity index (χ4v) is 0.250. The van der Waals surface area contributed by atoms with Crippen LogP contribution in [0.1, 0.15) is 20.8 Å². The van der Waals surface area contributed by atoms with Gasteiger partial charge in [-0.25, -0.2) is 0 Å². The highest BCUT2D eigenvalue weighted by Crippen LogP contribution is 1.67. The molecule has 0 rings (SSSR count). The number of hydrogen-bond acceptors (Lipinski definition) is 2. The van der Waals surface area contributed by atoms with Crippen LogP contribution in [-0.4, -0.2) is 18.3 Å². The highest BCUT2D eigenvalue weighted by Gasteiger charge is 1.67. The van der Waals surface area contributed by atoms with E-state index in [1.807, 2.05) is 0 Å². The number of hydrogen-bond donors (Lipinski definition) is 1. The molecule has 0 aromatic heterocycles. The van der Waals surface area contributed by atoms with E-state index in [-0.39, 0.29) is 17.6 Å². The molecule has 0 aliphatic heterocycles. The van der Waals surface area contributed by atoms with Crippen molar-refractivity contribution in [3.8, 4) is 0 Å². The average Bonchev–Trinajstić information content (AvgIpc) is 1.66. The second-order valence-corrected chi connectivity index (χ2v) is 1.96. The second kappa shape index (κ2) is 16.1. The lowest BCUT2D eigenvalue weighted by Crippen LogP contribution is -2.09. The summed E-state index contributed by atoms with van der Waals surface area (Å²) < 4.78 is 0. The van der Waals surface area contributed by atoms with Crippen LogP contribution in [-0.2, 0) is 4.79 Å². The van der Waals surface area contributed by atoms with Gasteiger partial charge in [-0.2, -0.15) is 0 Å². The highest BCUT2D eigenvalue weighted by molar-refractivity contribution is 6.62. The van der Waals surface area contributed by atoms with E-state index in [1.165, 1.54) is 6.92 Å². The smallest absolute Gasteiger partial charge is 0.218 e. The first-order valence-corrected chi connectivity index (χ1v) is 3.39. The van der Waals surface area contributed by atoms with Gasteiger partial charge in [-0.05, 0) is 24.7 Å². The lowest BCUT2D eigenvalue weighted by Gasteiger charge is -1.86. The Labute approximate surface area is 73.7 Å². The molecule has 0 aromatic carbocycles. The topological polar surface area (TPSA) is 29.1 Å². The molecule has 0 amide bonds. The molecule has 0 fully saturated rings. The minimum Gasteiger partial charge on any atom is -0.317 e. The minimum atomic E-state index is -0.361. The molecule has 0 bridgehead atoms. The van der Waals surface area contributed by atoms with Crippen molar-refractivity contribution in [3.05, 3.63) is 0 Å². The Bertz CT molecular complexity index is 62.8. The van der Waals surface area contributed by atoms with E-state index in [2.05, 4.69) is 30.8 Å². The summed E-state index contributed by atoms with van der Waals surface area (Å²) in [5, 5.41) is 2.75. The predicted octanol–water partition coefficient (Wildman–Crippen LogP) is 1.81. The Morgan fingerprint density at radius 3 is 1.60 bits per heavy atom. The summed E-state index contributed by atoms with van der Waals surface area (Å²) >= 11 is 4.64. The zero-order valence-electron chi connectivity index (χ0n) is 6.61. The van der Waals surface area contributed by atoms with E-state index < -0.39 is 0 Å². The summed E-state index contributed by atoms with van der Waals surface area (Å²) in [4.78, 5) is 9.21. The number of halogens is 2. The summed E-state index contributed by atoms with van der Waals surface area (Å²) in [5.74, 6) is 0. The third kappa shape index (κ3) is 87.4. The zero-order chi connectivity index (χ0) is 7.70. The fourth-order valence-electron chi connectivity index (χ4n) is 0.250. The summed E-state index contributed by atoms with van der Waals surface area (Å²) in [6.07, 6.45) is 0. The molecular weight excluding hydrogens is 173 g/mol. The quantitative estimate of drug-likeness (QED) is 0.669. The lowest BCUT2D eigenvalue weighted by atomic mass is 10.7. The van der Waals surface area contributed by atoms with E-state index in [4.69, 9.17) is 0 Å². The van der Waals surface area contributed by atoms with Gasteiger partial charge in [0.2, 0.25) is 5.24 Å². The first-order valence-electron chi connectivity index (χ1n) is 3.01. The standard InChI is InChI=1S/C4H11N.C2H3ClO.ClH/c1-3-5-4-2;1-2(3)4;/h5H,3-4H2,1-2H3;1H3;1H. The third-order valence-corrected chi connectivity index (χ3v) is 0.500. The van der Waals surface area contributed by atoms with Gasteiger partial charge in [0.15, 0.2) is 0 Å². The van der Waals surface area contributed by atoms with Crippen LogP contribution < -0.4 is 5.32 Å². The third-order valence-electron chi connectivity index (χ3n) is 0.500. The zero-order valence-corrected chi connectivity index (χ0v) is 8.18. The maximum absolute atomic E-state index is 9.21. The summed E-state index contributed by atoms with van der Waals surface area (Å²) in [6.45, 7) is 7.68. The lowest BCUT2D eigenvalue weighted by molar-refractivity contribution is -0.109. The molecule has 1 N–H and O–H groups in total. The highest BCUT2D eigenvalue weighted by atomic mass is 35.5. The van der Waals surface area contributed by atoms with Crippen LogP contribution in [0.3, 0.4) is 0 Å². The molecule has 0 spiro atoms. The maximum Gasteiger partial charge on any atom is 0.218 e. The largest absolute Gasteiger partial charge is 0.317 e. The molecule has 0 aromatic rings. The molecule has 0 aliphatic carbocycles. The molecule has 0 saturated carbocycles. The van der Waals surface area contributed by atoms with Crippen LogP contribution in [0.25, 0.3) is 0 Å². The fraction of sp³-hybridized carbons (Fsp3) is 0.833.